The van der Waals surface area contributed by atoms with Gasteiger partial charge in [0.25, 0.3) is 5.91 Å². The first-order valence-corrected chi connectivity index (χ1v) is 9.58. The lowest BCUT2D eigenvalue weighted by Gasteiger charge is -2.19. The highest BCUT2D eigenvalue weighted by Gasteiger charge is 2.20. The van der Waals surface area contributed by atoms with Crippen molar-refractivity contribution in [3.63, 3.8) is 0 Å². The summed E-state index contributed by atoms with van der Waals surface area (Å²) in [4.78, 5) is 12.6. The molecule has 0 aromatic heterocycles. The molecular weight excluding hydrogens is 353 g/mol. The highest BCUT2D eigenvalue weighted by molar-refractivity contribution is 5.95. The van der Waals surface area contributed by atoms with Gasteiger partial charge in [0.1, 0.15) is 5.82 Å². The SMILES string of the molecule is CCC(CC)NC(=O)c1cc(F)c(N)c(C(N)c2ccc3ccccc3c2)c1. The molecule has 28 heavy (non-hydrogen) atoms. The number of carbonyl (C=O) groups is 1. The van der Waals surface area contributed by atoms with Crippen molar-refractivity contribution in [2.45, 2.75) is 38.8 Å². The number of anilines is 1. The van der Waals surface area contributed by atoms with Crippen molar-refractivity contribution in [1.29, 1.82) is 0 Å². The number of rotatable bonds is 6. The van der Waals surface area contributed by atoms with Crippen LogP contribution in [0.15, 0.2) is 54.6 Å². The molecule has 0 aliphatic rings. The summed E-state index contributed by atoms with van der Waals surface area (Å²) in [5, 5.41) is 5.05. The van der Waals surface area contributed by atoms with E-state index in [0.717, 1.165) is 29.2 Å². The Kier molecular flexibility index (Phi) is 5.95. The lowest BCUT2D eigenvalue weighted by atomic mass is 9.94. The molecule has 1 atom stereocenters. The van der Waals surface area contributed by atoms with Crippen LogP contribution < -0.4 is 16.8 Å². The molecule has 0 aliphatic heterocycles. The molecule has 1 unspecified atom stereocenters. The van der Waals surface area contributed by atoms with Crippen molar-refractivity contribution in [2.24, 2.45) is 5.73 Å². The van der Waals surface area contributed by atoms with Crippen molar-refractivity contribution in [3.8, 4) is 0 Å². The molecular formula is C23H26FN3O. The van der Waals surface area contributed by atoms with E-state index in [0.29, 0.717) is 5.56 Å². The van der Waals surface area contributed by atoms with Crippen LogP contribution in [-0.2, 0) is 0 Å². The predicted molar refractivity (Wildman–Crippen MR) is 113 cm³/mol. The maximum absolute atomic E-state index is 14.5. The van der Waals surface area contributed by atoms with Crippen molar-refractivity contribution in [2.75, 3.05) is 5.73 Å². The van der Waals surface area contributed by atoms with Gasteiger partial charge >= 0.3 is 0 Å². The molecule has 0 fully saturated rings. The summed E-state index contributed by atoms with van der Waals surface area (Å²) in [7, 11) is 0. The van der Waals surface area contributed by atoms with E-state index < -0.39 is 11.9 Å². The summed E-state index contributed by atoms with van der Waals surface area (Å²) in [5.41, 5.74) is 13.8. The van der Waals surface area contributed by atoms with Gasteiger partial charge in [-0.25, -0.2) is 4.39 Å². The van der Waals surface area contributed by atoms with Gasteiger partial charge in [-0.1, -0.05) is 50.2 Å². The second-order valence-electron chi connectivity index (χ2n) is 7.03. The first kappa shape index (κ1) is 19.8. The Morgan fingerprint density at radius 1 is 1.04 bits per heavy atom. The Bertz CT molecular complexity index is 998. The summed E-state index contributed by atoms with van der Waals surface area (Å²) in [6.07, 6.45) is 1.62. The average Bonchev–Trinajstić information content (AvgIpc) is 2.72. The standard InChI is InChI=1S/C23H26FN3O/c1-3-18(4-2)27-23(28)17-12-19(22(26)20(24)13-17)21(25)16-10-9-14-7-5-6-8-15(14)11-16/h5-13,18,21H,3-4,25-26H2,1-2H3,(H,27,28). The highest BCUT2D eigenvalue weighted by Crippen LogP contribution is 2.30. The van der Waals surface area contributed by atoms with Gasteiger partial charge in [0.2, 0.25) is 0 Å². The average molecular weight is 379 g/mol. The van der Waals surface area contributed by atoms with Crippen LogP contribution >= 0.6 is 0 Å². The second-order valence-corrected chi connectivity index (χ2v) is 7.03. The fourth-order valence-corrected chi connectivity index (χ4v) is 3.37. The number of nitrogens with two attached hydrogens (primary N) is 2. The maximum atomic E-state index is 14.5. The largest absolute Gasteiger partial charge is 0.396 e. The minimum absolute atomic E-state index is 0.0280. The number of amides is 1. The molecule has 146 valence electrons. The van der Waals surface area contributed by atoms with E-state index in [9.17, 15) is 9.18 Å². The number of nitrogens with one attached hydrogen (secondary N) is 1. The molecule has 0 bridgehead atoms. The maximum Gasteiger partial charge on any atom is 0.251 e. The zero-order chi connectivity index (χ0) is 20.3. The molecule has 3 aromatic carbocycles. The number of fused-ring (bicyclic) bond motifs is 1. The Morgan fingerprint density at radius 2 is 1.71 bits per heavy atom. The van der Waals surface area contributed by atoms with Gasteiger partial charge in [0, 0.05) is 17.2 Å². The van der Waals surface area contributed by atoms with E-state index in [-0.39, 0.29) is 23.2 Å². The van der Waals surface area contributed by atoms with Crippen LogP contribution in [0, 0.1) is 5.82 Å². The number of hydrogen-bond acceptors (Lipinski definition) is 3. The topological polar surface area (TPSA) is 81.1 Å². The van der Waals surface area contributed by atoms with Crippen LogP contribution in [0.2, 0.25) is 0 Å². The Hall–Kier alpha value is -2.92. The van der Waals surface area contributed by atoms with Gasteiger partial charge < -0.3 is 16.8 Å². The predicted octanol–water partition coefficient (Wildman–Crippen LogP) is 4.53. The summed E-state index contributed by atoms with van der Waals surface area (Å²) in [5.74, 6) is -0.956. The fourth-order valence-electron chi connectivity index (χ4n) is 3.37. The van der Waals surface area contributed by atoms with Crippen LogP contribution in [0.25, 0.3) is 10.8 Å². The number of hydrogen-bond donors (Lipinski definition) is 3. The van der Waals surface area contributed by atoms with Crippen LogP contribution in [-0.4, -0.2) is 11.9 Å². The Morgan fingerprint density at radius 3 is 2.39 bits per heavy atom. The lowest BCUT2D eigenvalue weighted by molar-refractivity contribution is 0.0934. The van der Waals surface area contributed by atoms with E-state index in [1.807, 2.05) is 56.3 Å². The minimum atomic E-state index is -0.639. The highest BCUT2D eigenvalue weighted by atomic mass is 19.1. The monoisotopic (exact) mass is 379 g/mol. The minimum Gasteiger partial charge on any atom is -0.396 e. The number of halogens is 1. The van der Waals surface area contributed by atoms with Crippen molar-refractivity contribution in [3.05, 3.63) is 77.1 Å². The van der Waals surface area contributed by atoms with Gasteiger partial charge in [-0.15, -0.1) is 0 Å². The van der Waals surface area contributed by atoms with E-state index in [1.165, 1.54) is 6.07 Å². The molecule has 0 spiro atoms. The van der Waals surface area contributed by atoms with Crippen LogP contribution in [0.4, 0.5) is 10.1 Å². The van der Waals surface area contributed by atoms with E-state index in [4.69, 9.17) is 11.5 Å². The molecule has 0 radical (unpaired) electrons. The number of benzene rings is 3. The first-order valence-electron chi connectivity index (χ1n) is 9.58. The lowest BCUT2D eigenvalue weighted by Crippen LogP contribution is -2.34. The van der Waals surface area contributed by atoms with E-state index in [2.05, 4.69) is 5.32 Å². The van der Waals surface area contributed by atoms with E-state index in [1.54, 1.807) is 6.07 Å². The normalized spacial score (nSPS) is 12.3. The molecule has 0 heterocycles. The third-order valence-corrected chi connectivity index (χ3v) is 5.21. The third-order valence-electron chi connectivity index (χ3n) is 5.21. The van der Waals surface area contributed by atoms with E-state index >= 15 is 0 Å². The molecule has 0 saturated carbocycles. The zero-order valence-corrected chi connectivity index (χ0v) is 16.2. The number of carbonyl (C=O) groups excluding carboxylic acids is 1. The summed E-state index contributed by atoms with van der Waals surface area (Å²) >= 11 is 0. The first-order chi connectivity index (χ1) is 13.4. The second kappa shape index (κ2) is 8.40. The molecule has 0 aliphatic carbocycles. The summed E-state index contributed by atoms with van der Waals surface area (Å²) in [6.45, 7) is 4.00. The molecule has 4 nitrogen and oxygen atoms in total. The fraction of sp³-hybridized carbons (Fsp3) is 0.261. The van der Waals surface area contributed by atoms with Gasteiger partial charge in [-0.2, -0.15) is 0 Å². The third kappa shape index (κ3) is 3.99. The smallest absolute Gasteiger partial charge is 0.251 e. The van der Waals surface area contributed by atoms with Crippen molar-refractivity contribution >= 4 is 22.4 Å². The van der Waals surface area contributed by atoms with Gasteiger partial charge in [-0.3, -0.25) is 4.79 Å². The molecule has 3 aromatic rings. The van der Waals surface area contributed by atoms with Crippen LogP contribution in [0.5, 0.6) is 0 Å². The molecule has 5 N–H and O–H groups in total. The zero-order valence-electron chi connectivity index (χ0n) is 16.2. The summed E-state index contributed by atoms with van der Waals surface area (Å²) in [6, 6.07) is 15.9. The number of nitrogen functional groups attached to an aromatic ring is 1. The van der Waals surface area contributed by atoms with Crippen molar-refractivity contribution < 1.29 is 9.18 Å². The molecule has 5 heteroatoms. The summed E-state index contributed by atoms with van der Waals surface area (Å²) < 4.78 is 14.5. The molecule has 0 saturated heterocycles. The molecule has 1 amide bonds. The van der Waals surface area contributed by atoms with Crippen LogP contribution in [0.1, 0.15) is 54.2 Å². The Balaban J connectivity index is 1.97. The van der Waals surface area contributed by atoms with Gasteiger partial charge in [-0.05, 0) is 47.4 Å². The Labute approximate surface area is 164 Å². The van der Waals surface area contributed by atoms with Gasteiger partial charge in [0.15, 0.2) is 0 Å². The quantitative estimate of drug-likeness (QED) is 0.551. The van der Waals surface area contributed by atoms with Crippen molar-refractivity contribution in [1.82, 2.24) is 5.32 Å². The van der Waals surface area contributed by atoms with Crippen LogP contribution in [0.3, 0.4) is 0 Å². The molecule has 3 rings (SSSR count). The van der Waals surface area contributed by atoms with Gasteiger partial charge in [0.05, 0.1) is 11.7 Å².